The molecule has 0 aliphatic carbocycles. The molecule has 0 spiro atoms. The number of piperidine rings is 1. The predicted octanol–water partition coefficient (Wildman–Crippen LogP) is 1.18. The van der Waals surface area contributed by atoms with E-state index in [9.17, 15) is 9.59 Å². The Balaban J connectivity index is 1.53. The average Bonchev–Trinajstić information content (AvgIpc) is 2.69. The van der Waals surface area contributed by atoms with Gasteiger partial charge in [0.2, 0.25) is 0 Å². The lowest BCUT2D eigenvalue weighted by Crippen LogP contribution is -2.47. The summed E-state index contributed by atoms with van der Waals surface area (Å²) < 4.78 is 5.03. The normalized spacial score (nSPS) is 19.0. The Bertz CT molecular complexity index is 653. The number of piperazine rings is 1. The second-order valence-electron chi connectivity index (χ2n) is 7.12. The molecule has 148 valence electrons. The van der Waals surface area contributed by atoms with E-state index in [-0.39, 0.29) is 18.0 Å². The SMILES string of the molecule is CCOC(=O)N1CCC(NC(=O)c2cc(N3CCN(C)CC3)ccn2)CC1. The molecule has 8 nitrogen and oxygen atoms in total. The van der Waals surface area contributed by atoms with Gasteiger partial charge in [-0.3, -0.25) is 9.78 Å². The van der Waals surface area contributed by atoms with Gasteiger partial charge >= 0.3 is 6.09 Å². The third-order valence-electron chi connectivity index (χ3n) is 5.20. The standard InChI is InChI=1S/C19H29N5O3/c1-3-27-19(26)24-8-5-15(6-9-24)21-18(25)17-14-16(4-7-20-17)23-12-10-22(2)11-13-23/h4,7,14-15H,3,5-6,8-13H2,1-2H3,(H,21,25). The number of hydrogen-bond donors (Lipinski definition) is 1. The number of nitrogens with zero attached hydrogens (tertiary/aromatic N) is 4. The molecule has 3 heterocycles. The van der Waals surface area contributed by atoms with Gasteiger partial charge in [-0.05, 0) is 38.9 Å². The molecule has 0 aromatic carbocycles. The summed E-state index contributed by atoms with van der Waals surface area (Å²) in [5.74, 6) is -0.152. The molecule has 1 aromatic rings. The summed E-state index contributed by atoms with van der Waals surface area (Å²) in [4.78, 5) is 34.9. The number of pyridine rings is 1. The lowest BCUT2D eigenvalue weighted by Gasteiger charge is -2.34. The molecule has 0 saturated carbocycles. The quantitative estimate of drug-likeness (QED) is 0.852. The molecule has 1 aromatic heterocycles. The van der Waals surface area contributed by atoms with Crippen LogP contribution in [0.2, 0.25) is 0 Å². The van der Waals surface area contributed by atoms with Crippen molar-refractivity contribution in [2.24, 2.45) is 0 Å². The molecule has 2 amide bonds. The Morgan fingerprint density at radius 1 is 1.19 bits per heavy atom. The van der Waals surface area contributed by atoms with Crippen LogP contribution in [-0.2, 0) is 4.74 Å². The van der Waals surface area contributed by atoms with Gasteiger partial charge in [-0.2, -0.15) is 0 Å². The summed E-state index contributed by atoms with van der Waals surface area (Å²) in [6, 6.07) is 3.88. The Hall–Kier alpha value is -2.35. The summed E-state index contributed by atoms with van der Waals surface area (Å²) in [7, 11) is 2.12. The van der Waals surface area contributed by atoms with Gasteiger partial charge in [0.15, 0.2) is 0 Å². The summed E-state index contributed by atoms with van der Waals surface area (Å²) in [6.07, 6.45) is 2.88. The number of aromatic nitrogens is 1. The maximum Gasteiger partial charge on any atom is 0.409 e. The zero-order valence-electron chi connectivity index (χ0n) is 16.2. The van der Waals surface area contributed by atoms with Crippen molar-refractivity contribution in [3.8, 4) is 0 Å². The third-order valence-corrected chi connectivity index (χ3v) is 5.20. The fourth-order valence-corrected chi connectivity index (χ4v) is 3.49. The largest absolute Gasteiger partial charge is 0.450 e. The summed E-state index contributed by atoms with van der Waals surface area (Å²) in [5, 5.41) is 3.06. The van der Waals surface area contributed by atoms with Crippen molar-refractivity contribution in [2.75, 3.05) is 57.8 Å². The Morgan fingerprint density at radius 2 is 1.89 bits per heavy atom. The van der Waals surface area contributed by atoms with E-state index in [1.54, 1.807) is 18.0 Å². The fourth-order valence-electron chi connectivity index (χ4n) is 3.49. The monoisotopic (exact) mass is 375 g/mol. The van der Waals surface area contributed by atoms with Crippen molar-refractivity contribution in [2.45, 2.75) is 25.8 Å². The first-order chi connectivity index (χ1) is 13.1. The number of carbonyl (C=O) groups is 2. The van der Waals surface area contributed by atoms with E-state index in [4.69, 9.17) is 4.74 Å². The highest BCUT2D eigenvalue weighted by Gasteiger charge is 2.25. The minimum Gasteiger partial charge on any atom is -0.450 e. The van der Waals surface area contributed by atoms with Crippen LogP contribution in [0.15, 0.2) is 18.3 Å². The van der Waals surface area contributed by atoms with Gasteiger partial charge in [0, 0.05) is 57.2 Å². The molecule has 2 aliphatic rings. The Labute approximate surface area is 160 Å². The van der Waals surface area contributed by atoms with Gasteiger partial charge in [0.1, 0.15) is 5.69 Å². The van der Waals surface area contributed by atoms with Crippen LogP contribution in [0.1, 0.15) is 30.3 Å². The lowest BCUT2D eigenvalue weighted by atomic mass is 10.1. The van der Waals surface area contributed by atoms with E-state index >= 15 is 0 Å². The number of carbonyl (C=O) groups excluding carboxylic acids is 2. The first-order valence-corrected chi connectivity index (χ1v) is 9.69. The number of ether oxygens (including phenoxy) is 1. The van der Waals surface area contributed by atoms with Gasteiger partial charge in [-0.15, -0.1) is 0 Å². The number of amides is 2. The first kappa shape index (κ1) is 19.4. The van der Waals surface area contributed by atoms with Crippen LogP contribution in [0.3, 0.4) is 0 Å². The molecule has 27 heavy (non-hydrogen) atoms. The van der Waals surface area contributed by atoms with Gasteiger partial charge in [-0.25, -0.2) is 4.79 Å². The number of likely N-dealkylation sites (N-methyl/N-ethyl adjacent to an activating group) is 1. The van der Waals surface area contributed by atoms with Crippen LogP contribution in [0.4, 0.5) is 10.5 Å². The number of likely N-dealkylation sites (tertiary alicyclic amines) is 1. The molecule has 0 unspecified atom stereocenters. The molecule has 2 fully saturated rings. The number of hydrogen-bond acceptors (Lipinski definition) is 6. The van der Waals surface area contributed by atoms with Crippen molar-refractivity contribution >= 4 is 17.7 Å². The first-order valence-electron chi connectivity index (χ1n) is 9.69. The molecule has 3 rings (SSSR count). The summed E-state index contributed by atoms with van der Waals surface area (Å²) in [6.45, 7) is 7.31. The van der Waals surface area contributed by atoms with E-state index in [2.05, 4.69) is 27.1 Å². The highest BCUT2D eigenvalue weighted by molar-refractivity contribution is 5.93. The van der Waals surface area contributed by atoms with Crippen LogP contribution in [0.25, 0.3) is 0 Å². The zero-order chi connectivity index (χ0) is 19.2. The number of anilines is 1. The van der Waals surface area contributed by atoms with Gasteiger partial charge in [-0.1, -0.05) is 0 Å². The highest BCUT2D eigenvalue weighted by atomic mass is 16.6. The maximum atomic E-state index is 12.6. The minimum absolute atomic E-state index is 0.0530. The van der Waals surface area contributed by atoms with E-state index < -0.39 is 0 Å². The van der Waals surface area contributed by atoms with Gasteiger partial charge < -0.3 is 24.8 Å². The third kappa shape index (κ3) is 5.09. The molecular formula is C19H29N5O3. The van der Waals surface area contributed by atoms with Crippen molar-refractivity contribution in [1.82, 2.24) is 20.1 Å². The van der Waals surface area contributed by atoms with E-state index in [1.165, 1.54) is 0 Å². The highest BCUT2D eigenvalue weighted by Crippen LogP contribution is 2.17. The maximum absolute atomic E-state index is 12.6. The molecule has 0 bridgehead atoms. The topological polar surface area (TPSA) is 78.0 Å². The number of rotatable bonds is 4. The fraction of sp³-hybridized carbons (Fsp3) is 0.632. The van der Waals surface area contributed by atoms with Crippen molar-refractivity contribution in [3.63, 3.8) is 0 Å². The molecule has 0 radical (unpaired) electrons. The predicted molar refractivity (Wildman–Crippen MR) is 103 cm³/mol. The molecule has 2 aliphatic heterocycles. The van der Waals surface area contributed by atoms with Gasteiger partial charge in [0.25, 0.3) is 5.91 Å². The molecule has 8 heteroatoms. The summed E-state index contributed by atoms with van der Waals surface area (Å²) in [5.41, 5.74) is 1.49. The smallest absolute Gasteiger partial charge is 0.409 e. The van der Waals surface area contributed by atoms with Crippen LogP contribution in [0, 0.1) is 0 Å². The van der Waals surface area contributed by atoms with Crippen LogP contribution >= 0.6 is 0 Å². The van der Waals surface area contributed by atoms with Crippen molar-refractivity contribution < 1.29 is 14.3 Å². The van der Waals surface area contributed by atoms with Crippen molar-refractivity contribution in [3.05, 3.63) is 24.0 Å². The van der Waals surface area contributed by atoms with Crippen LogP contribution in [0.5, 0.6) is 0 Å². The lowest BCUT2D eigenvalue weighted by molar-refractivity contribution is 0.0856. The number of nitrogens with one attached hydrogen (secondary N) is 1. The molecular weight excluding hydrogens is 346 g/mol. The molecule has 2 saturated heterocycles. The Morgan fingerprint density at radius 3 is 2.56 bits per heavy atom. The summed E-state index contributed by atoms with van der Waals surface area (Å²) >= 11 is 0. The second kappa shape index (κ2) is 9.03. The van der Waals surface area contributed by atoms with E-state index in [0.717, 1.165) is 44.7 Å². The van der Waals surface area contributed by atoms with E-state index in [0.29, 0.717) is 25.4 Å². The zero-order valence-corrected chi connectivity index (χ0v) is 16.2. The van der Waals surface area contributed by atoms with Crippen LogP contribution < -0.4 is 10.2 Å². The van der Waals surface area contributed by atoms with Crippen molar-refractivity contribution in [1.29, 1.82) is 0 Å². The van der Waals surface area contributed by atoms with Gasteiger partial charge in [0.05, 0.1) is 6.61 Å². The molecule has 0 atom stereocenters. The Kier molecular flexibility index (Phi) is 6.49. The average molecular weight is 375 g/mol. The van der Waals surface area contributed by atoms with Crippen LogP contribution in [-0.4, -0.2) is 85.7 Å². The minimum atomic E-state index is -0.274. The second-order valence-corrected chi connectivity index (χ2v) is 7.12. The van der Waals surface area contributed by atoms with E-state index in [1.807, 2.05) is 12.1 Å². The molecule has 1 N–H and O–H groups in total.